The molecule has 2 aromatic rings. The molecule has 254 valence electrons. The maximum Gasteiger partial charge on any atom is 0.407 e. The summed E-state index contributed by atoms with van der Waals surface area (Å²) in [5.74, 6) is -0.0708. The van der Waals surface area contributed by atoms with Crippen LogP contribution in [0.3, 0.4) is 0 Å². The Labute approximate surface area is 280 Å². The number of rotatable bonds is 13. The van der Waals surface area contributed by atoms with E-state index < -0.39 is 17.6 Å². The van der Waals surface area contributed by atoms with Crippen molar-refractivity contribution >= 4 is 48.1 Å². The summed E-state index contributed by atoms with van der Waals surface area (Å²) in [6.07, 6.45) is 2.94. The molecule has 2 heterocycles. The first kappa shape index (κ1) is 35.7. The first-order valence-corrected chi connectivity index (χ1v) is 16.6. The van der Waals surface area contributed by atoms with Gasteiger partial charge in [0.1, 0.15) is 29.8 Å². The van der Waals surface area contributed by atoms with Gasteiger partial charge >= 0.3 is 6.09 Å². The SMILES string of the molecule is CNC(=O)C(CCC=O)N(C)C(=O)c1ccc(N2CC(Oc3cccc(SN4CCC(NC(=O)OC(C)(C)C)CC4)c3)C2)cc1C=O. The molecule has 47 heavy (non-hydrogen) atoms. The lowest BCUT2D eigenvalue weighted by atomic mass is 10.0. The van der Waals surface area contributed by atoms with Crippen LogP contribution in [0.25, 0.3) is 0 Å². The Morgan fingerprint density at radius 3 is 2.45 bits per heavy atom. The van der Waals surface area contributed by atoms with E-state index in [1.165, 1.54) is 19.0 Å². The number of alkyl carbamates (subject to hydrolysis) is 1. The highest BCUT2D eigenvalue weighted by Gasteiger charge is 2.31. The average Bonchev–Trinajstić information content (AvgIpc) is 3.02. The zero-order chi connectivity index (χ0) is 34.1. The molecule has 3 amide bonds. The van der Waals surface area contributed by atoms with Crippen LogP contribution in [-0.2, 0) is 14.3 Å². The van der Waals surface area contributed by atoms with E-state index in [9.17, 15) is 24.0 Å². The van der Waals surface area contributed by atoms with E-state index in [0.29, 0.717) is 25.7 Å². The minimum atomic E-state index is -0.831. The van der Waals surface area contributed by atoms with Crippen LogP contribution in [0.1, 0.15) is 67.2 Å². The topological polar surface area (TPSA) is 138 Å². The number of nitrogens with one attached hydrogen (secondary N) is 2. The summed E-state index contributed by atoms with van der Waals surface area (Å²) in [6, 6.07) is 12.3. The molecule has 0 saturated carbocycles. The van der Waals surface area contributed by atoms with Gasteiger partial charge in [0, 0.05) is 55.8 Å². The van der Waals surface area contributed by atoms with E-state index in [-0.39, 0.29) is 48.1 Å². The smallest absolute Gasteiger partial charge is 0.407 e. The monoisotopic (exact) mass is 667 g/mol. The third-order valence-corrected chi connectivity index (χ3v) is 9.11. The number of piperidine rings is 1. The molecule has 2 saturated heterocycles. The van der Waals surface area contributed by atoms with Crippen molar-refractivity contribution in [3.05, 3.63) is 53.6 Å². The fourth-order valence-electron chi connectivity index (χ4n) is 5.50. The van der Waals surface area contributed by atoms with Gasteiger partial charge in [0.05, 0.1) is 18.7 Å². The van der Waals surface area contributed by atoms with Crippen LogP contribution >= 0.6 is 11.9 Å². The maximum atomic E-state index is 13.3. The van der Waals surface area contributed by atoms with Gasteiger partial charge in [-0.15, -0.1) is 0 Å². The molecule has 4 rings (SSSR count). The lowest BCUT2D eigenvalue weighted by Gasteiger charge is -2.41. The quantitative estimate of drug-likeness (QED) is 0.239. The third-order valence-electron chi connectivity index (χ3n) is 8.02. The van der Waals surface area contributed by atoms with Crippen LogP contribution in [0.4, 0.5) is 10.5 Å². The van der Waals surface area contributed by atoms with Crippen molar-refractivity contribution in [2.24, 2.45) is 0 Å². The number of carbonyl (C=O) groups is 5. The van der Waals surface area contributed by atoms with Crippen molar-refractivity contribution in [3.63, 3.8) is 0 Å². The number of likely N-dealkylation sites (N-methyl/N-ethyl adjacent to an activating group) is 2. The van der Waals surface area contributed by atoms with E-state index in [4.69, 9.17) is 9.47 Å². The normalized spacial score (nSPS) is 16.4. The summed E-state index contributed by atoms with van der Waals surface area (Å²) in [5, 5.41) is 5.50. The Hall–Kier alpha value is -4.10. The lowest BCUT2D eigenvalue weighted by molar-refractivity contribution is -0.125. The first-order chi connectivity index (χ1) is 22.4. The number of ether oxygens (including phenoxy) is 2. The average molecular weight is 668 g/mol. The second-order valence-electron chi connectivity index (χ2n) is 12.7. The second-order valence-corrected chi connectivity index (χ2v) is 13.9. The molecule has 2 N–H and O–H groups in total. The van der Waals surface area contributed by atoms with E-state index >= 15 is 0 Å². The van der Waals surface area contributed by atoms with Gasteiger partial charge in [-0.25, -0.2) is 9.10 Å². The highest BCUT2D eigenvalue weighted by molar-refractivity contribution is 7.97. The molecular formula is C34H45N5O7S. The van der Waals surface area contributed by atoms with Gasteiger partial charge < -0.3 is 34.7 Å². The number of hydrogen-bond donors (Lipinski definition) is 2. The van der Waals surface area contributed by atoms with Crippen LogP contribution < -0.4 is 20.3 Å². The number of amides is 3. The number of nitrogens with zero attached hydrogens (tertiary/aromatic N) is 3. The molecule has 0 aromatic heterocycles. The molecule has 1 atom stereocenters. The van der Waals surface area contributed by atoms with Gasteiger partial charge in [-0.05, 0) is 88.4 Å². The fraction of sp³-hybridized carbons (Fsp3) is 0.500. The number of benzene rings is 2. The molecule has 2 aliphatic rings. The highest BCUT2D eigenvalue weighted by Crippen LogP contribution is 2.31. The fourth-order valence-corrected chi connectivity index (χ4v) is 6.50. The van der Waals surface area contributed by atoms with Gasteiger partial charge in [-0.2, -0.15) is 0 Å². The predicted molar refractivity (Wildman–Crippen MR) is 180 cm³/mol. The van der Waals surface area contributed by atoms with E-state index in [2.05, 4.69) is 25.9 Å². The summed E-state index contributed by atoms with van der Waals surface area (Å²) in [5.41, 5.74) is 0.696. The van der Waals surface area contributed by atoms with Crippen molar-refractivity contribution in [1.82, 2.24) is 19.8 Å². The Morgan fingerprint density at radius 2 is 1.81 bits per heavy atom. The molecule has 2 aromatic carbocycles. The minimum absolute atomic E-state index is 0.0387. The highest BCUT2D eigenvalue weighted by atomic mass is 32.2. The van der Waals surface area contributed by atoms with E-state index in [0.717, 1.165) is 42.3 Å². The maximum absolute atomic E-state index is 13.3. The molecule has 13 heteroatoms. The van der Waals surface area contributed by atoms with E-state index in [1.54, 1.807) is 30.1 Å². The van der Waals surface area contributed by atoms with Crippen LogP contribution in [-0.4, -0.2) is 104 Å². The summed E-state index contributed by atoms with van der Waals surface area (Å²) >= 11 is 1.67. The van der Waals surface area contributed by atoms with Crippen molar-refractivity contribution < 1.29 is 33.4 Å². The summed E-state index contributed by atoms with van der Waals surface area (Å²) in [6.45, 7) is 8.47. The number of carbonyl (C=O) groups excluding carboxylic acids is 5. The lowest BCUT2D eigenvalue weighted by Crippen LogP contribution is -2.54. The second kappa shape index (κ2) is 16.1. The molecule has 1 unspecified atom stereocenters. The molecule has 12 nitrogen and oxygen atoms in total. The molecule has 0 spiro atoms. The Morgan fingerprint density at radius 1 is 1.09 bits per heavy atom. The van der Waals surface area contributed by atoms with Gasteiger partial charge in [0.25, 0.3) is 5.91 Å². The van der Waals surface area contributed by atoms with Crippen molar-refractivity contribution in [3.8, 4) is 5.75 Å². The third kappa shape index (κ3) is 9.94. The number of anilines is 1. The standard InChI is InChI=1S/C34H45N5O7S/c1-34(2,3)46-33(44)36-24-13-15-39(16-14-24)47-28-9-6-8-26(19-28)45-27-20-38(21-27)25-11-12-29(23(18-25)22-41)32(43)37(5)30(10-7-17-40)31(42)35-4/h6,8-9,11-12,17-19,22,24,27,30H,7,10,13-16,20-21H2,1-5H3,(H,35,42)(H,36,44). The largest absolute Gasteiger partial charge is 0.487 e. The molecule has 2 aliphatic heterocycles. The molecule has 2 fully saturated rings. The summed E-state index contributed by atoms with van der Waals surface area (Å²) < 4.78 is 13.9. The Kier molecular flexibility index (Phi) is 12.3. The Bertz CT molecular complexity index is 1430. The first-order valence-electron chi connectivity index (χ1n) is 15.9. The van der Waals surface area contributed by atoms with Gasteiger partial charge in [0.15, 0.2) is 6.29 Å². The summed E-state index contributed by atoms with van der Waals surface area (Å²) in [4.78, 5) is 65.0. The van der Waals surface area contributed by atoms with Gasteiger partial charge in [-0.1, -0.05) is 6.07 Å². The van der Waals surface area contributed by atoms with Crippen LogP contribution in [0.2, 0.25) is 0 Å². The van der Waals surface area contributed by atoms with Crippen molar-refractivity contribution in [2.45, 2.75) is 75.1 Å². The summed E-state index contributed by atoms with van der Waals surface area (Å²) in [7, 11) is 2.97. The molecule has 0 bridgehead atoms. The number of aldehydes is 2. The zero-order valence-electron chi connectivity index (χ0n) is 27.7. The Balaban J connectivity index is 1.27. The predicted octanol–water partition coefficient (Wildman–Crippen LogP) is 3.93. The van der Waals surface area contributed by atoms with E-state index in [1.807, 2.05) is 39.0 Å². The minimum Gasteiger partial charge on any atom is -0.487 e. The molecule has 0 radical (unpaired) electrons. The zero-order valence-corrected chi connectivity index (χ0v) is 28.5. The van der Waals surface area contributed by atoms with Crippen LogP contribution in [0.5, 0.6) is 5.75 Å². The van der Waals surface area contributed by atoms with Crippen LogP contribution in [0.15, 0.2) is 47.4 Å². The molecule has 0 aliphatic carbocycles. The molecular weight excluding hydrogens is 622 g/mol. The van der Waals surface area contributed by atoms with Gasteiger partial charge in [0.2, 0.25) is 5.91 Å². The van der Waals surface area contributed by atoms with Crippen molar-refractivity contribution in [1.29, 1.82) is 0 Å². The van der Waals surface area contributed by atoms with Crippen LogP contribution in [0, 0.1) is 0 Å². The van der Waals surface area contributed by atoms with Gasteiger partial charge in [-0.3, -0.25) is 14.4 Å². The number of hydrogen-bond acceptors (Lipinski definition) is 10. The van der Waals surface area contributed by atoms with Crippen molar-refractivity contribution in [2.75, 3.05) is 45.2 Å².